The minimum Gasteiger partial charge on any atom is -0.326 e. The van der Waals surface area contributed by atoms with Crippen LogP contribution in [0.15, 0.2) is 42.5 Å². The van der Waals surface area contributed by atoms with Gasteiger partial charge in [0.2, 0.25) is 11.8 Å². The second-order valence-electron chi connectivity index (χ2n) is 7.76. The molecular formula is C23H28N2O2. The first kappa shape index (κ1) is 19.2. The van der Waals surface area contributed by atoms with Crippen molar-refractivity contribution in [2.45, 2.75) is 52.4 Å². The number of hydrogen-bond acceptors (Lipinski definition) is 2. The van der Waals surface area contributed by atoms with Crippen molar-refractivity contribution in [1.82, 2.24) is 0 Å². The summed E-state index contributed by atoms with van der Waals surface area (Å²) in [6, 6.07) is 13.7. The Kier molecular flexibility index (Phi) is 6.28. The Morgan fingerprint density at radius 2 is 1.44 bits per heavy atom. The van der Waals surface area contributed by atoms with E-state index >= 15 is 0 Å². The zero-order valence-electron chi connectivity index (χ0n) is 16.2. The highest BCUT2D eigenvalue weighted by molar-refractivity contribution is 5.93. The standard InChI is InChI=1S/C23H28N2O2/c1-16(2)13-22(26)24-20-9-11-21(12-10-20)25-23(27)15-17-7-8-18-5-3-4-6-19(18)14-17/h7-12,14,16H,3-6,13,15H2,1-2H3,(H,24,26)(H,25,27). The number of fused-ring (bicyclic) bond motifs is 1. The molecule has 4 nitrogen and oxygen atoms in total. The summed E-state index contributed by atoms with van der Waals surface area (Å²) < 4.78 is 0. The van der Waals surface area contributed by atoms with Crippen molar-refractivity contribution in [2.24, 2.45) is 5.92 Å². The number of rotatable bonds is 6. The molecule has 0 saturated carbocycles. The molecule has 1 aliphatic carbocycles. The number of amides is 2. The summed E-state index contributed by atoms with van der Waals surface area (Å²) in [5.41, 5.74) is 5.37. The maximum Gasteiger partial charge on any atom is 0.228 e. The number of anilines is 2. The average molecular weight is 364 g/mol. The van der Waals surface area contributed by atoms with Crippen molar-refractivity contribution in [1.29, 1.82) is 0 Å². The quantitative estimate of drug-likeness (QED) is 0.778. The Morgan fingerprint density at radius 3 is 2.07 bits per heavy atom. The van der Waals surface area contributed by atoms with Crippen LogP contribution in [0.4, 0.5) is 11.4 Å². The van der Waals surface area contributed by atoms with Crippen LogP contribution in [0.1, 0.15) is 49.8 Å². The first-order valence-electron chi connectivity index (χ1n) is 9.80. The minimum absolute atomic E-state index is 0.00851. The summed E-state index contributed by atoms with van der Waals surface area (Å²) in [5, 5.41) is 5.80. The van der Waals surface area contributed by atoms with Gasteiger partial charge in [-0.25, -0.2) is 0 Å². The van der Waals surface area contributed by atoms with Gasteiger partial charge in [0.15, 0.2) is 0 Å². The molecule has 1 aliphatic rings. The monoisotopic (exact) mass is 364 g/mol. The molecule has 0 unspecified atom stereocenters. The Morgan fingerprint density at radius 1 is 0.852 bits per heavy atom. The number of carbonyl (C=O) groups is 2. The van der Waals surface area contributed by atoms with Gasteiger partial charge in [0, 0.05) is 17.8 Å². The van der Waals surface area contributed by atoms with Gasteiger partial charge in [0.25, 0.3) is 0 Å². The third-order valence-electron chi connectivity index (χ3n) is 4.82. The van der Waals surface area contributed by atoms with E-state index in [1.54, 1.807) is 0 Å². The zero-order valence-corrected chi connectivity index (χ0v) is 16.2. The molecule has 0 atom stereocenters. The van der Waals surface area contributed by atoms with Crippen molar-refractivity contribution in [3.05, 3.63) is 59.2 Å². The fraction of sp³-hybridized carbons (Fsp3) is 0.391. The molecule has 0 heterocycles. The van der Waals surface area contributed by atoms with Crippen LogP contribution < -0.4 is 10.6 Å². The van der Waals surface area contributed by atoms with E-state index < -0.39 is 0 Å². The van der Waals surface area contributed by atoms with Crippen molar-refractivity contribution < 1.29 is 9.59 Å². The van der Waals surface area contributed by atoms with Gasteiger partial charge >= 0.3 is 0 Å². The molecule has 0 radical (unpaired) electrons. The first-order valence-corrected chi connectivity index (χ1v) is 9.80. The largest absolute Gasteiger partial charge is 0.326 e. The lowest BCUT2D eigenvalue weighted by atomic mass is 9.90. The minimum atomic E-state index is -0.0256. The number of carbonyl (C=O) groups excluding carboxylic acids is 2. The third kappa shape index (κ3) is 5.68. The summed E-state index contributed by atoms with van der Waals surface area (Å²) in [6.07, 6.45) is 5.65. The molecule has 0 bridgehead atoms. The van der Waals surface area contributed by atoms with Gasteiger partial charge in [-0.05, 0) is 72.6 Å². The molecular weight excluding hydrogens is 336 g/mol. The van der Waals surface area contributed by atoms with Gasteiger partial charge in [-0.2, -0.15) is 0 Å². The zero-order chi connectivity index (χ0) is 19.2. The summed E-state index contributed by atoms with van der Waals surface area (Å²) in [6.45, 7) is 4.03. The molecule has 3 rings (SSSR count). The highest BCUT2D eigenvalue weighted by Gasteiger charge is 2.11. The summed E-state index contributed by atoms with van der Waals surface area (Å²) in [7, 11) is 0. The molecule has 2 aromatic carbocycles. The highest BCUT2D eigenvalue weighted by Crippen LogP contribution is 2.22. The van der Waals surface area contributed by atoms with Crippen LogP contribution in [0.5, 0.6) is 0 Å². The topological polar surface area (TPSA) is 58.2 Å². The number of nitrogens with one attached hydrogen (secondary N) is 2. The van der Waals surface area contributed by atoms with Crippen LogP contribution in [0, 0.1) is 5.92 Å². The Bertz CT molecular complexity index is 810. The predicted octanol–water partition coefficient (Wildman–Crippen LogP) is 4.73. The van der Waals surface area contributed by atoms with E-state index in [0.717, 1.165) is 29.8 Å². The third-order valence-corrected chi connectivity index (χ3v) is 4.82. The second kappa shape index (κ2) is 8.85. The fourth-order valence-corrected chi connectivity index (χ4v) is 3.51. The van der Waals surface area contributed by atoms with Gasteiger partial charge < -0.3 is 10.6 Å². The summed E-state index contributed by atoms with van der Waals surface area (Å²) in [4.78, 5) is 24.2. The van der Waals surface area contributed by atoms with Crippen molar-refractivity contribution >= 4 is 23.2 Å². The molecule has 0 aromatic heterocycles. The molecule has 27 heavy (non-hydrogen) atoms. The van der Waals surface area contributed by atoms with Gasteiger partial charge in [-0.1, -0.05) is 32.0 Å². The fourth-order valence-electron chi connectivity index (χ4n) is 3.51. The normalized spacial score (nSPS) is 13.1. The van der Waals surface area contributed by atoms with Crippen molar-refractivity contribution in [2.75, 3.05) is 10.6 Å². The van der Waals surface area contributed by atoms with E-state index in [2.05, 4.69) is 28.8 Å². The number of hydrogen-bond donors (Lipinski definition) is 2. The Labute approximate surface area is 161 Å². The molecule has 2 amide bonds. The Hall–Kier alpha value is -2.62. The number of aryl methyl sites for hydroxylation is 2. The first-order chi connectivity index (χ1) is 13.0. The lowest BCUT2D eigenvalue weighted by Gasteiger charge is -2.16. The van der Waals surface area contributed by atoms with Gasteiger partial charge in [0.05, 0.1) is 6.42 Å². The summed E-state index contributed by atoms with van der Waals surface area (Å²) in [5.74, 6) is 0.309. The lowest BCUT2D eigenvalue weighted by Crippen LogP contribution is -2.16. The molecule has 0 spiro atoms. The van der Waals surface area contributed by atoms with E-state index in [4.69, 9.17) is 0 Å². The summed E-state index contributed by atoms with van der Waals surface area (Å²) >= 11 is 0. The van der Waals surface area contributed by atoms with Crippen LogP contribution in [-0.4, -0.2) is 11.8 Å². The lowest BCUT2D eigenvalue weighted by molar-refractivity contribution is -0.117. The molecule has 0 fully saturated rings. The van der Waals surface area contributed by atoms with E-state index in [9.17, 15) is 9.59 Å². The van der Waals surface area contributed by atoms with Crippen LogP contribution in [0.3, 0.4) is 0 Å². The van der Waals surface area contributed by atoms with Crippen molar-refractivity contribution in [3.63, 3.8) is 0 Å². The molecule has 0 saturated heterocycles. The van der Waals surface area contributed by atoms with Crippen LogP contribution in [0.2, 0.25) is 0 Å². The molecule has 4 heteroatoms. The smallest absolute Gasteiger partial charge is 0.228 e. The number of benzene rings is 2. The van der Waals surface area contributed by atoms with Crippen LogP contribution >= 0.6 is 0 Å². The van der Waals surface area contributed by atoms with Crippen LogP contribution in [-0.2, 0) is 28.9 Å². The molecule has 142 valence electrons. The van der Waals surface area contributed by atoms with E-state index in [1.807, 2.05) is 38.1 Å². The van der Waals surface area contributed by atoms with Crippen LogP contribution in [0.25, 0.3) is 0 Å². The highest BCUT2D eigenvalue weighted by atomic mass is 16.2. The molecule has 0 aliphatic heterocycles. The van der Waals surface area contributed by atoms with Gasteiger partial charge in [-0.3, -0.25) is 9.59 Å². The maximum absolute atomic E-state index is 12.4. The van der Waals surface area contributed by atoms with Gasteiger partial charge in [0.1, 0.15) is 0 Å². The van der Waals surface area contributed by atoms with Crippen molar-refractivity contribution in [3.8, 4) is 0 Å². The average Bonchev–Trinajstić information content (AvgIpc) is 2.62. The molecule has 2 aromatic rings. The van der Waals surface area contributed by atoms with Gasteiger partial charge in [-0.15, -0.1) is 0 Å². The maximum atomic E-state index is 12.4. The van der Waals surface area contributed by atoms with E-state index in [0.29, 0.717) is 18.8 Å². The van der Waals surface area contributed by atoms with E-state index in [1.165, 1.54) is 24.0 Å². The van der Waals surface area contributed by atoms with E-state index in [-0.39, 0.29) is 11.8 Å². The Balaban J connectivity index is 1.54. The molecule has 2 N–H and O–H groups in total. The predicted molar refractivity (Wildman–Crippen MR) is 110 cm³/mol. The SMILES string of the molecule is CC(C)CC(=O)Nc1ccc(NC(=O)Cc2ccc3c(c2)CCCC3)cc1. The second-order valence-corrected chi connectivity index (χ2v) is 7.76.